The van der Waals surface area contributed by atoms with Crippen LogP contribution in [0.15, 0.2) is 0 Å². The van der Waals surface area contributed by atoms with Crippen molar-refractivity contribution in [3.8, 4) is 0 Å². The molecule has 0 radical (unpaired) electrons. The molecule has 0 aromatic carbocycles. The number of primary amides is 1. The van der Waals surface area contributed by atoms with Crippen molar-refractivity contribution in [1.82, 2.24) is 4.90 Å². The number of nitrogens with zero attached hydrogens (tertiary/aromatic N) is 1. The van der Waals surface area contributed by atoms with Crippen molar-refractivity contribution in [2.24, 2.45) is 17.1 Å². The molecular formula is C10H17FN2O. The molecule has 1 aliphatic carbocycles. The Hall–Kier alpha value is -0.800. The molecule has 2 aliphatic rings. The van der Waals surface area contributed by atoms with Crippen molar-refractivity contribution >= 4 is 6.03 Å². The van der Waals surface area contributed by atoms with Gasteiger partial charge < -0.3 is 10.6 Å². The summed E-state index contributed by atoms with van der Waals surface area (Å²) < 4.78 is 12.8. The van der Waals surface area contributed by atoms with Crippen LogP contribution in [0.3, 0.4) is 0 Å². The number of hydrogen-bond donors (Lipinski definition) is 1. The summed E-state index contributed by atoms with van der Waals surface area (Å²) in [6.07, 6.45) is 2.01. The SMILES string of the molecule is C[C@@H](F)CC1CC12CCN(C(N)=O)C2. The van der Waals surface area contributed by atoms with Gasteiger partial charge in [-0.3, -0.25) is 0 Å². The smallest absolute Gasteiger partial charge is 0.314 e. The lowest BCUT2D eigenvalue weighted by atomic mass is 10.0. The zero-order chi connectivity index (χ0) is 10.3. The summed E-state index contributed by atoms with van der Waals surface area (Å²) in [7, 11) is 0. The molecule has 2 rings (SSSR count). The highest BCUT2D eigenvalue weighted by atomic mass is 19.1. The highest BCUT2D eigenvalue weighted by Crippen LogP contribution is 2.60. The number of halogens is 1. The first-order chi connectivity index (χ1) is 6.53. The molecule has 1 saturated heterocycles. The number of alkyl halides is 1. The van der Waals surface area contributed by atoms with Crippen LogP contribution < -0.4 is 5.73 Å². The minimum absolute atomic E-state index is 0.232. The minimum Gasteiger partial charge on any atom is -0.351 e. The average molecular weight is 200 g/mol. The van der Waals surface area contributed by atoms with Crippen LogP contribution in [0, 0.1) is 11.3 Å². The Labute approximate surface area is 83.4 Å². The van der Waals surface area contributed by atoms with E-state index in [-0.39, 0.29) is 11.4 Å². The van der Waals surface area contributed by atoms with E-state index in [9.17, 15) is 9.18 Å². The van der Waals surface area contributed by atoms with Gasteiger partial charge in [0.1, 0.15) is 0 Å². The van der Waals surface area contributed by atoms with Gasteiger partial charge in [-0.25, -0.2) is 9.18 Å². The van der Waals surface area contributed by atoms with Crippen molar-refractivity contribution in [3.05, 3.63) is 0 Å². The number of urea groups is 1. The number of carbonyl (C=O) groups excluding carboxylic acids is 1. The zero-order valence-electron chi connectivity index (χ0n) is 8.50. The molecular weight excluding hydrogens is 183 g/mol. The topological polar surface area (TPSA) is 46.3 Å². The van der Waals surface area contributed by atoms with E-state index in [0.29, 0.717) is 12.3 Å². The zero-order valence-corrected chi connectivity index (χ0v) is 8.50. The third kappa shape index (κ3) is 1.57. The summed E-state index contributed by atoms with van der Waals surface area (Å²) >= 11 is 0. The van der Waals surface area contributed by atoms with Gasteiger partial charge >= 0.3 is 6.03 Å². The van der Waals surface area contributed by atoms with Crippen LogP contribution in [-0.4, -0.2) is 30.2 Å². The molecule has 80 valence electrons. The molecule has 2 unspecified atom stereocenters. The van der Waals surface area contributed by atoms with Gasteiger partial charge in [-0.15, -0.1) is 0 Å². The molecule has 1 spiro atoms. The fraction of sp³-hybridized carbons (Fsp3) is 0.900. The van der Waals surface area contributed by atoms with Gasteiger partial charge in [-0.05, 0) is 37.5 Å². The molecule has 1 saturated carbocycles. The molecule has 3 atom stereocenters. The maximum Gasteiger partial charge on any atom is 0.314 e. The quantitative estimate of drug-likeness (QED) is 0.721. The van der Waals surface area contributed by atoms with Crippen molar-refractivity contribution in [2.75, 3.05) is 13.1 Å². The molecule has 2 N–H and O–H groups in total. The Morgan fingerprint density at radius 2 is 2.50 bits per heavy atom. The molecule has 14 heavy (non-hydrogen) atoms. The maximum atomic E-state index is 12.8. The lowest BCUT2D eigenvalue weighted by Gasteiger charge is -2.13. The molecule has 1 aliphatic heterocycles. The Morgan fingerprint density at radius 3 is 3.00 bits per heavy atom. The van der Waals surface area contributed by atoms with Crippen LogP contribution in [0.1, 0.15) is 26.2 Å². The van der Waals surface area contributed by atoms with Crippen molar-refractivity contribution in [3.63, 3.8) is 0 Å². The summed E-state index contributed by atoms with van der Waals surface area (Å²) in [5.74, 6) is 0.479. The molecule has 4 heteroatoms. The number of rotatable bonds is 2. The van der Waals surface area contributed by atoms with Crippen molar-refractivity contribution < 1.29 is 9.18 Å². The summed E-state index contributed by atoms with van der Waals surface area (Å²) in [5.41, 5.74) is 5.44. The molecule has 1 heterocycles. The van der Waals surface area contributed by atoms with E-state index in [4.69, 9.17) is 5.73 Å². The van der Waals surface area contributed by atoms with Crippen LogP contribution in [0.5, 0.6) is 0 Å². The first-order valence-electron chi connectivity index (χ1n) is 5.22. The van der Waals surface area contributed by atoms with Crippen LogP contribution >= 0.6 is 0 Å². The predicted octanol–water partition coefficient (Wildman–Crippen LogP) is 1.53. The minimum atomic E-state index is -0.720. The van der Waals surface area contributed by atoms with Crippen LogP contribution in [0.25, 0.3) is 0 Å². The summed E-state index contributed by atoms with van der Waals surface area (Å²) in [4.78, 5) is 12.6. The second-order valence-electron chi connectivity index (χ2n) is 4.79. The molecule has 0 aromatic heterocycles. The van der Waals surface area contributed by atoms with Gasteiger partial charge in [0.2, 0.25) is 0 Å². The van der Waals surface area contributed by atoms with E-state index in [1.165, 1.54) is 0 Å². The lowest BCUT2D eigenvalue weighted by molar-refractivity contribution is 0.215. The van der Waals surface area contributed by atoms with E-state index in [2.05, 4.69) is 0 Å². The molecule has 0 aromatic rings. The highest BCUT2D eigenvalue weighted by Gasteiger charge is 2.57. The van der Waals surface area contributed by atoms with Crippen LogP contribution in [-0.2, 0) is 0 Å². The fourth-order valence-electron chi connectivity index (χ4n) is 2.74. The van der Waals surface area contributed by atoms with Gasteiger partial charge in [0.15, 0.2) is 0 Å². The Morgan fingerprint density at radius 1 is 1.79 bits per heavy atom. The van der Waals surface area contributed by atoms with Crippen LogP contribution in [0.4, 0.5) is 9.18 Å². The molecule has 3 nitrogen and oxygen atoms in total. The van der Waals surface area contributed by atoms with E-state index in [1.807, 2.05) is 0 Å². The first-order valence-corrected chi connectivity index (χ1v) is 5.22. The van der Waals surface area contributed by atoms with Crippen LogP contribution in [0.2, 0.25) is 0 Å². The maximum absolute atomic E-state index is 12.8. The number of nitrogens with two attached hydrogens (primary N) is 1. The Bertz CT molecular complexity index is 257. The third-order valence-corrected chi connectivity index (χ3v) is 3.67. The monoisotopic (exact) mass is 200 g/mol. The summed E-state index contributed by atoms with van der Waals surface area (Å²) in [6.45, 7) is 3.11. The second kappa shape index (κ2) is 3.11. The lowest BCUT2D eigenvalue weighted by Crippen LogP contribution is -2.34. The fourth-order valence-corrected chi connectivity index (χ4v) is 2.74. The van der Waals surface area contributed by atoms with E-state index in [1.54, 1.807) is 11.8 Å². The van der Waals surface area contributed by atoms with Crippen molar-refractivity contribution in [2.45, 2.75) is 32.4 Å². The number of carbonyl (C=O) groups is 1. The van der Waals surface area contributed by atoms with Crippen molar-refractivity contribution in [1.29, 1.82) is 0 Å². The Balaban J connectivity index is 1.88. The second-order valence-corrected chi connectivity index (χ2v) is 4.79. The predicted molar refractivity (Wildman–Crippen MR) is 51.5 cm³/mol. The van der Waals surface area contributed by atoms with Gasteiger partial charge in [0.25, 0.3) is 0 Å². The van der Waals surface area contributed by atoms with Gasteiger partial charge in [0, 0.05) is 13.1 Å². The first kappa shape index (κ1) is 9.74. The number of likely N-dealkylation sites (tertiary alicyclic amines) is 1. The van der Waals surface area contributed by atoms with Gasteiger partial charge in [0.05, 0.1) is 6.17 Å². The van der Waals surface area contributed by atoms with Gasteiger partial charge in [-0.2, -0.15) is 0 Å². The number of amides is 2. The highest BCUT2D eigenvalue weighted by molar-refractivity contribution is 5.72. The Kier molecular flexibility index (Phi) is 2.16. The van der Waals surface area contributed by atoms with E-state index < -0.39 is 6.17 Å². The largest absolute Gasteiger partial charge is 0.351 e. The van der Waals surface area contributed by atoms with E-state index in [0.717, 1.165) is 25.9 Å². The van der Waals surface area contributed by atoms with Gasteiger partial charge in [-0.1, -0.05) is 0 Å². The number of hydrogen-bond acceptors (Lipinski definition) is 1. The molecule has 2 fully saturated rings. The normalized spacial score (nSPS) is 37.6. The molecule has 0 bridgehead atoms. The standard InChI is InChI=1S/C10H17FN2O/c1-7(11)4-8-5-10(8)2-3-13(6-10)9(12)14/h7-8H,2-6H2,1H3,(H2,12,14)/t7-,8?,10?/m1/s1. The molecule has 2 amide bonds. The van der Waals surface area contributed by atoms with E-state index >= 15 is 0 Å². The average Bonchev–Trinajstić information content (AvgIpc) is 2.57. The summed E-state index contributed by atoms with van der Waals surface area (Å²) in [6, 6.07) is -0.333. The third-order valence-electron chi connectivity index (χ3n) is 3.67. The summed E-state index contributed by atoms with van der Waals surface area (Å²) in [5, 5.41) is 0.